The molecule has 0 bridgehead atoms. The van der Waals surface area contributed by atoms with Crippen molar-refractivity contribution < 1.29 is 13.2 Å². The van der Waals surface area contributed by atoms with Crippen molar-refractivity contribution in [2.24, 2.45) is 0 Å². The molecule has 0 aliphatic carbocycles. The highest BCUT2D eigenvalue weighted by Gasteiger charge is 2.31. The van der Waals surface area contributed by atoms with E-state index in [0.29, 0.717) is 30.4 Å². The largest absolute Gasteiger partial charge is 0.358 e. The fourth-order valence-corrected chi connectivity index (χ4v) is 4.81. The van der Waals surface area contributed by atoms with E-state index in [4.69, 9.17) is 0 Å². The number of carbonyl (C=O) groups excluding carboxylic acids is 1. The van der Waals surface area contributed by atoms with E-state index in [1.54, 1.807) is 24.6 Å². The maximum atomic E-state index is 12.4. The van der Waals surface area contributed by atoms with Crippen molar-refractivity contribution >= 4 is 27.3 Å². The molecule has 1 atom stereocenters. The summed E-state index contributed by atoms with van der Waals surface area (Å²) in [5, 5.41) is 4.38. The topological polar surface area (TPSA) is 69.7 Å². The van der Waals surface area contributed by atoms with Crippen molar-refractivity contribution in [1.82, 2.24) is 14.5 Å². The van der Waals surface area contributed by atoms with E-state index in [9.17, 15) is 13.2 Å². The van der Waals surface area contributed by atoms with Crippen molar-refractivity contribution in [3.63, 3.8) is 0 Å². The van der Waals surface area contributed by atoms with E-state index in [0.717, 1.165) is 0 Å². The van der Waals surface area contributed by atoms with Crippen molar-refractivity contribution in [2.75, 3.05) is 33.2 Å². The molecular formula is C12H19N3O3S2. The second-order valence-corrected chi connectivity index (χ2v) is 7.77. The molecule has 1 aliphatic heterocycles. The minimum atomic E-state index is -3.37. The lowest BCUT2D eigenvalue weighted by Crippen LogP contribution is -2.54. The van der Waals surface area contributed by atoms with Gasteiger partial charge in [0.25, 0.3) is 10.0 Å². The maximum Gasteiger partial charge on any atom is 0.252 e. The lowest BCUT2D eigenvalue weighted by atomic mass is 10.2. The van der Waals surface area contributed by atoms with Crippen LogP contribution in [0.2, 0.25) is 0 Å². The Labute approximate surface area is 123 Å². The number of carbonyl (C=O) groups is 1. The number of amides is 1. The molecule has 0 radical (unpaired) electrons. The summed E-state index contributed by atoms with van der Waals surface area (Å²) in [6.07, 6.45) is 0. The molecule has 20 heavy (non-hydrogen) atoms. The van der Waals surface area contributed by atoms with Crippen LogP contribution in [0.4, 0.5) is 0 Å². The van der Waals surface area contributed by atoms with Crippen LogP contribution in [0.3, 0.4) is 0 Å². The van der Waals surface area contributed by atoms with Gasteiger partial charge in [0.2, 0.25) is 5.91 Å². The first-order chi connectivity index (χ1) is 9.46. The van der Waals surface area contributed by atoms with Gasteiger partial charge >= 0.3 is 0 Å². The molecule has 1 saturated heterocycles. The summed E-state index contributed by atoms with van der Waals surface area (Å²) < 4.78 is 26.6. The Kier molecular flexibility index (Phi) is 4.79. The fourth-order valence-electron chi connectivity index (χ4n) is 2.24. The van der Waals surface area contributed by atoms with E-state index in [1.807, 2.05) is 11.8 Å². The molecule has 0 aromatic carbocycles. The average Bonchev–Trinajstić information content (AvgIpc) is 3.00. The number of hydrogen-bond acceptors (Lipinski definition) is 5. The third-order valence-corrected chi connectivity index (χ3v) is 6.81. The molecule has 1 aliphatic rings. The van der Waals surface area contributed by atoms with Crippen LogP contribution in [0, 0.1) is 0 Å². The van der Waals surface area contributed by atoms with E-state index in [-0.39, 0.29) is 11.9 Å². The Morgan fingerprint density at radius 2 is 2.00 bits per heavy atom. The van der Waals surface area contributed by atoms with Crippen LogP contribution in [0.5, 0.6) is 0 Å². The van der Waals surface area contributed by atoms with Crippen molar-refractivity contribution in [3.8, 4) is 0 Å². The van der Waals surface area contributed by atoms with Gasteiger partial charge in [-0.3, -0.25) is 9.69 Å². The fraction of sp³-hybridized carbons (Fsp3) is 0.583. The highest BCUT2D eigenvalue weighted by molar-refractivity contribution is 7.91. The first kappa shape index (κ1) is 15.4. The van der Waals surface area contributed by atoms with Gasteiger partial charge in [0.1, 0.15) is 4.21 Å². The van der Waals surface area contributed by atoms with Crippen molar-refractivity contribution in [2.45, 2.75) is 17.2 Å². The first-order valence-electron chi connectivity index (χ1n) is 6.46. The molecule has 2 heterocycles. The molecule has 2 rings (SSSR count). The molecule has 0 spiro atoms. The third kappa shape index (κ3) is 3.03. The summed E-state index contributed by atoms with van der Waals surface area (Å²) in [4.78, 5) is 13.6. The van der Waals surface area contributed by atoms with Crippen molar-refractivity contribution in [3.05, 3.63) is 17.5 Å². The molecule has 1 amide bonds. The summed E-state index contributed by atoms with van der Waals surface area (Å²) in [5.74, 6) is -0.0421. The van der Waals surface area contributed by atoms with Gasteiger partial charge in [-0.05, 0) is 18.4 Å². The van der Waals surface area contributed by atoms with E-state index < -0.39 is 10.0 Å². The number of nitrogens with zero attached hydrogens (tertiary/aromatic N) is 2. The van der Waals surface area contributed by atoms with Crippen LogP contribution in [0.1, 0.15) is 6.92 Å². The Hall–Kier alpha value is -0.960. The molecule has 0 unspecified atom stereocenters. The van der Waals surface area contributed by atoms with Crippen LogP contribution in [0.25, 0.3) is 0 Å². The number of piperazine rings is 1. The van der Waals surface area contributed by atoms with E-state index >= 15 is 0 Å². The van der Waals surface area contributed by atoms with Crippen molar-refractivity contribution in [1.29, 1.82) is 0 Å². The Balaban J connectivity index is 2.00. The Bertz CT molecular complexity index is 549. The summed E-state index contributed by atoms with van der Waals surface area (Å²) in [6.45, 7) is 3.81. The number of sulfonamides is 1. The predicted molar refractivity (Wildman–Crippen MR) is 78.2 cm³/mol. The number of nitrogens with one attached hydrogen (secondary N) is 1. The molecule has 1 N–H and O–H groups in total. The second kappa shape index (κ2) is 6.21. The molecule has 1 aromatic heterocycles. The van der Waals surface area contributed by atoms with Gasteiger partial charge in [-0.15, -0.1) is 11.3 Å². The molecule has 112 valence electrons. The van der Waals surface area contributed by atoms with Crippen LogP contribution in [0.15, 0.2) is 21.7 Å². The normalized spacial score (nSPS) is 19.7. The third-order valence-electron chi connectivity index (χ3n) is 3.54. The van der Waals surface area contributed by atoms with Gasteiger partial charge in [0.15, 0.2) is 0 Å². The van der Waals surface area contributed by atoms with E-state index in [1.165, 1.54) is 15.6 Å². The highest BCUT2D eigenvalue weighted by atomic mass is 32.2. The molecule has 8 heteroatoms. The summed E-state index contributed by atoms with van der Waals surface area (Å²) >= 11 is 1.23. The predicted octanol–water partition coefficient (Wildman–Crippen LogP) is 0.189. The van der Waals surface area contributed by atoms with Gasteiger partial charge in [0, 0.05) is 33.2 Å². The molecule has 0 saturated carbocycles. The maximum absolute atomic E-state index is 12.4. The second-order valence-electron chi connectivity index (χ2n) is 4.66. The zero-order valence-corrected chi connectivity index (χ0v) is 13.2. The minimum Gasteiger partial charge on any atom is -0.358 e. The van der Waals surface area contributed by atoms with Crippen LogP contribution >= 0.6 is 11.3 Å². The van der Waals surface area contributed by atoms with Gasteiger partial charge in [0.05, 0.1) is 6.04 Å². The zero-order valence-electron chi connectivity index (χ0n) is 11.6. The minimum absolute atomic E-state index is 0.0421. The molecule has 6 nitrogen and oxygen atoms in total. The lowest BCUT2D eigenvalue weighted by molar-refractivity contribution is -0.125. The number of rotatable bonds is 4. The Morgan fingerprint density at radius 1 is 1.35 bits per heavy atom. The first-order valence-corrected chi connectivity index (χ1v) is 8.78. The van der Waals surface area contributed by atoms with Crippen LogP contribution < -0.4 is 5.32 Å². The number of thiophene rings is 1. The van der Waals surface area contributed by atoms with Gasteiger partial charge < -0.3 is 5.32 Å². The zero-order chi connectivity index (χ0) is 14.8. The quantitative estimate of drug-likeness (QED) is 0.861. The standard InChI is InChI=1S/C12H19N3O3S2/c1-10(12(16)13-2)14-5-7-15(8-6-14)20(17,18)11-4-3-9-19-11/h3-4,9-10H,5-8H2,1-2H3,(H,13,16)/t10-/m0/s1. The molecular weight excluding hydrogens is 298 g/mol. The van der Waals surface area contributed by atoms with Crippen LogP contribution in [-0.4, -0.2) is 62.8 Å². The summed E-state index contributed by atoms with van der Waals surface area (Å²) in [5.41, 5.74) is 0. The average molecular weight is 317 g/mol. The smallest absolute Gasteiger partial charge is 0.252 e. The summed E-state index contributed by atoms with van der Waals surface area (Å²) in [7, 11) is -1.76. The Morgan fingerprint density at radius 3 is 2.50 bits per heavy atom. The van der Waals surface area contributed by atoms with Gasteiger partial charge in [-0.25, -0.2) is 8.42 Å². The highest BCUT2D eigenvalue weighted by Crippen LogP contribution is 2.22. The van der Waals surface area contributed by atoms with E-state index in [2.05, 4.69) is 5.32 Å². The molecule has 1 aromatic rings. The number of hydrogen-bond donors (Lipinski definition) is 1. The molecule has 1 fully saturated rings. The lowest BCUT2D eigenvalue weighted by Gasteiger charge is -2.36. The number of likely N-dealkylation sites (N-methyl/N-ethyl adjacent to an activating group) is 1. The van der Waals surface area contributed by atoms with Gasteiger partial charge in [-0.2, -0.15) is 4.31 Å². The summed E-state index contributed by atoms with van der Waals surface area (Å²) in [6, 6.07) is 3.13. The van der Waals surface area contributed by atoms with Crippen LogP contribution in [-0.2, 0) is 14.8 Å². The monoisotopic (exact) mass is 317 g/mol. The van der Waals surface area contributed by atoms with Gasteiger partial charge in [-0.1, -0.05) is 6.07 Å². The SMILES string of the molecule is CNC(=O)[C@H](C)N1CCN(S(=O)(=O)c2cccs2)CC1.